The molecule has 4 nitrogen and oxygen atoms in total. The number of aromatic nitrogens is 4. The van der Waals surface area contributed by atoms with Gasteiger partial charge in [-0.25, -0.2) is 24.3 Å². The maximum absolute atomic E-state index is 13.1. The van der Waals surface area contributed by atoms with Crippen molar-refractivity contribution in [3.05, 3.63) is 35.1 Å². The van der Waals surface area contributed by atoms with Crippen LogP contribution >= 0.6 is 11.6 Å². The lowest BCUT2D eigenvalue weighted by Gasteiger charge is -2.01. The molecule has 2 heterocycles. The molecule has 0 aliphatic rings. The van der Waals surface area contributed by atoms with Crippen LogP contribution in [0.2, 0.25) is 5.15 Å². The molecule has 2 rings (SSSR count). The summed E-state index contributed by atoms with van der Waals surface area (Å²) < 4.78 is 13.1. The van der Waals surface area contributed by atoms with Gasteiger partial charge < -0.3 is 0 Å². The van der Waals surface area contributed by atoms with Crippen molar-refractivity contribution in [2.24, 2.45) is 0 Å². The van der Waals surface area contributed by atoms with Gasteiger partial charge in [0, 0.05) is 12.4 Å². The smallest absolute Gasteiger partial charge is 0.199 e. The maximum atomic E-state index is 13.1. The van der Waals surface area contributed by atoms with Crippen molar-refractivity contribution in [3.63, 3.8) is 0 Å². The molecule has 2 aromatic rings. The van der Waals surface area contributed by atoms with Gasteiger partial charge in [0.1, 0.15) is 0 Å². The molecule has 2 aromatic heterocycles. The van der Waals surface area contributed by atoms with E-state index in [1.54, 1.807) is 18.5 Å². The third-order valence-electron chi connectivity index (χ3n) is 1.74. The minimum Gasteiger partial charge on any atom is -0.234 e. The summed E-state index contributed by atoms with van der Waals surface area (Å²) in [7, 11) is 0. The summed E-state index contributed by atoms with van der Waals surface area (Å²) in [5, 5.41) is -0.218. The first-order chi connectivity index (χ1) is 7.18. The van der Waals surface area contributed by atoms with Crippen LogP contribution < -0.4 is 0 Å². The van der Waals surface area contributed by atoms with Gasteiger partial charge in [-0.2, -0.15) is 0 Å². The lowest BCUT2D eigenvalue weighted by Crippen LogP contribution is -1.99. The van der Waals surface area contributed by atoms with E-state index in [1.165, 1.54) is 6.92 Å². The second-order valence-corrected chi connectivity index (χ2v) is 3.17. The molecular weight excluding hydrogens is 219 g/mol. The van der Waals surface area contributed by atoms with Gasteiger partial charge in [-0.3, -0.25) is 0 Å². The fourth-order valence-corrected chi connectivity index (χ4v) is 1.26. The fraction of sp³-hybridized carbons (Fsp3) is 0.111. The SMILES string of the molecule is Cc1nc(-c2ncccn2)nc(Cl)c1F. The van der Waals surface area contributed by atoms with Crippen LogP contribution in [0.4, 0.5) is 4.39 Å². The van der Waals surface area contributed by atoms with E-state index in [4.69, 9.17) is 11.6 Å². The number of nitrogens with zero attached hydrogens (tertiary/aromatic N) is 4. The summed E-state index contributed by atoms with van der Waals surface area (Å²) in [6.45, 7) is 1.51. The van der Waals surface area contributed by atoms with E-state index in [1.807, 2.05) is 0 Å². The van der Waals surface area contributed by atoms with Crippen LogP contribution in [0.25, 0.3) is 11.6 Å². The number of rotatable bonds is 1. The normalized spacial score (nSPS) is 10.3. The quantitative estimate of drug-likeness (QED) is 0.696. The molecule has 0 bridgehead atoms. The van der Waals surface area contributed by atoms with E-state index in [0.29, 0.717) is 5.82 Å². The first-order valence-corrected chi connectivity index (χ1v) is 4.53. The topological polar surface area (TPSA) is 51.6 Å². The lowest BCUT2D eigenvalue weighted by atomic mass is 10.4. The molecule has 0 fully saturated rings. The fourth-order valence-electron chi connectivity index (χ4n) is 1.04. The van der Waals surface area contributed by atoms with Gasteiger partial charge in [0.15, 0.2) is 22.6 Å². The molecule has 0 saturated heterocycles. The van der Waals surface area contributed by atoms with Crippen molar-refractivity contribution >= 4 is 11.6 Å². The molecule has 6 heteroatoms. The van der Waals surface area contributed by atoms with Gasteiger partial charge in [0.2, 0.25) is 0 Å². The van der Waals surface area contributed by atoms with Crippen molar-refractivity contribution in [1.29, 1.82) is 0 Å². The van der Waals surface area contributed by atoms with Crippen LogP contribution in [0.1, 0.15) is 5.69 Å². The molecule has 0 aliphatic heterocycles. The van der Waals surface area contributed by atoms with Crippen LogP contribution in [0, 0.1) is 12.7 Å². The van der Waals surface area contributed by atoms with Crippen molar-refractivity contribution < 1.29 is 4.39 Å². The Hall–Kier alpha value is -1.62. The number of aryl methyl sites for hydroxylation is 1. The Kier molecular flexibility index (Phi) is 2.55. The molecule has 15 heavy (non-hydrogen) atoms. The molecule has 0 aromatic carbocycles. The van der Waals surface area contributed by atoms with Crippen LogP contribution in [0.3, 0.4) is 0 Å². The van der Waals surface area contributed by atoms with Crippen LogP contribution in [0.15, 0.2) is 18.5 Å². The monoisotopic (exact) mass is 224 g/mol. The summed E-state index contributed by atoms with van der Waals surface area (Å²) in [5.74, 6) is -0.0710. The Morgan fingerprint density at radius 3 is 2.40 bits per heavy atom. The minimum absolute atomic E-state index is 0.178. The third-order valence-corrected chi connectivity index (χ3v) is 1.99. The Morgan fingerprint density at radius 2 is 1.80 bits per heavy atom. The van der Waals surface area contributed by atoms with E-state index >= 15 is 0 Å². The molecule has 0 aliphatic carbocycles. The number of halogens is 2. The predicted molar refractivity (Wildman–Crippen MR) is 52.8 cm³/mol. The summed E-state index contributed by atoms with van der Waals surface area (Å²) in [6, 6.07) is 1.67. The Bertz CT molecular complexity index is 466. The average Bonchev–Trinajstić information content (AvgIpc) is 2.26. The first-order valence-electron chi connectivity index (χ1n) is 4.15. The lowest BCUT2D eigenvalue weighted by molar-refractivity contribution is 0.602. The zero-order valence-corrected chi connectivity index (χ0v) is 8.53. The molecule has 0 radical (unpaired) electrons. The summed E-state index contributed by atoms with van der Waals surface area (Å²) >= 11 is 5.59. The molecule has 0 N–H and O–H groups in total. The second-order valence-electron chi connectivity index (χ2n) is 2.81. The average molecular weight is 225 g/mol. The summed E-state index contributed by atoms with van der Waals surface area (Å²) in [5.41, 5.74) is 0.178. The highest BCUT2D eigenvalue weighted by molar-refractivity contribution is 6.29. The van der Waals surface area contributed by atoms with Gasteiger partial charge in [-0.15, -0.1) is 0 Å². The van der Waals surface area contributed by atoms with Gasteiger partial charge in [-0.1, -0.05) is 11.6 Å². The van der Waals surface area contributed by atoms with E-state index in [-0.39, 0.29) is 16.7 Å². The number of hydrogen-bond donors (Lipinski definition) is 0. The standard InChI is InChI=1S/C9H6ClFN4/c1-5-6(11)7(10)15-9(14-5)8-12-3-2-4-13-8/h2-4H,1H3. The van der Waals surface area contributed by atoms with Crippen LogP contribution in [-0.2, 0) is 0 Å². The van der Waals surface area contributed by atoms with Crippen LogP contribution in [0.5, 0.6) is 0 Å². The first kappa shape index (κ1) is 9.92. The highest BCUT2D eigenvalue weighted by Crippen LogP contribution is 2.17. The molecular formula is C9H6ClFN4. The molecule has 0 atom stereocenters. The van der Waals surface area contributed by atoms with E-state index in [0.717, 1.165) is 0 Å². The van der Waals surface area contributed by atoms with Gasteiger partial charge in [0.05, 0.1) is 5.69 Å². The predicted octanol–water partition coefficient (Wildman–Crippen LogP) is 2.03. The summed E-state index contributed by atoms with van der Waals surface area (Å²) in [4.78, 5) is 15.6. The summed E-state index contributed by atoms with van der Waals surface area (Å²) in [6.07, 6.45) is 3.11. The Labute approximate surface area is 90.2 Å². The van der Waals surface area contributed by atoms with Crippen LogP contribution in [-0.4, -0.2) is 19.9 Å². The van der Waals surface area contributed by atoms with E-state index in [2.05, 4.69) is 19.9 Å². The third kappa shape index (κ3) is 1.92. The van der Waals surface area contributed by atoms with Crippen molar-refractivity contribution in [3.8, 4) is 11.6 Å². The van der Waals surface area contributed by atoms with E-state index < -0.39 is 5.82 Å². The Morgan fingerprint density at radius 1 is 1.13 bits per heavy atom. The van der Waals surface area contributed by atoms with Crippen molar-refractivity contribution in [1.82, 2.24) is 19.9 Å². The molecule has 76 valence electrons. The zero-order valence-electron chi connectivity index (χ0n) is 7.78. The zero-order chi connectivity index (χ0) is 10.8. The largest absolute Gasteiger partial charge is 0.234 e. The van der Waals surface area contributed by atoms with Crippen molar-refractivity contribution in [2.45, 2.75) is 6.92 Å². The Balaban J connectivity index is 2.56. The highest BCUT2D eigenvalue weighted by atomic mass is 35.5. The molecule has 0 saturated carbocycles. The minimum atomic E-state index is -0.614. The van der Waals surface area contributed by atoms with E-state index in [9.17, 15) is 4.39 Å². The second kappa shape index (κ2) is 3.86. The van der Waals surface area contributed by atoms with Gasteiger partial charge >= 0.3 is 0 Å². The highest BCUT2D eigenvalue weighted by Gasteiger charge is 2.11. The molecule has 0 amide bonds. The molecule has 0 unspecified atom stereocenters. The molecule has 0 spiro atoms. The van der Waals surface area contributed by atoms with Gasteiger partial charge in [-0.05, 0) is 13.0 Å². The number of hydrogen-bond acceptors (Lipinski definition) is 4. The maximum Gasteiger partial charge on any atom is 0.199 e. The van der Waals surface area contributed by atoms with Crippen molar-refractivity contribution in [2.75, 3.05) is 0 Å². The van der Waals surface area contributed by atoms with Gasteiger partial charge in [0.25, 0.3) is 0 Å².